The second kappa shape index (κ2) is 3.31. The highest BCUT2D eigenvalue weighted by Gasteiger charge is 2.20. The molecule has 3 heteroatoms. The summed E-state index contributed by atoms with van der Waals surface area (Å²) in [5.74, 6) is 0.936. The highest BCUT2D eigenvalue weighted by atomic mass is 79.9. The summed E-state index contributed by atoms with van der Waals surface area (Å²) in [5.41, 5.74) is 8.29. The Morgan fingerprint density at radius 1 is 1.54 bits per heavy atom. The maximum atomic E-state index is 5.99. The molecular formula is C10H12BrNO. The third-order valence-corrected chi connectivity index (χ3v) is 2.95. The first-order valence-corrected chi connectivity index (χ1v) is 5.16. The van der Waals surface area contributed by atoms with Crippen LogP contribution in [0.3, 0.4) is 0 Å². The molecule has 0 aromatic heterocycles. The number of ether oxygens (including phenoxy) is 1. The van der Waals surface area contributed by atoms with Gasteiger partial charge in [0.05, 0.1) is 6.61 Å². The van der Waals surface area contributed by atoms with Gasteiger partial charge in [-0.2, -0.15) is 0 Å². The second-order valence-electron chi connectivity index (χ2n) is 3.40. The minimum Gasteiger partial charge on any atom is -0.493 e. The van der Waals surface area contributed by atoms with Crippen LogP contribution in [0.5, 0.6) is 5.75 Å². The van der Waals surface area contributed by atoms with Crippen molar-refractivity contribution in [3.8, 4) is 5.75 Å². The van der Waals surface area contributed by atoms with Crippen molar-refractivity contribution >= 4 is 15.9 Å². The van der Waals surface area contributed by atoms with E-state index in [1.807, 2.05) is 6.07 Å². The first kappa shape index (κ1) is 9.03. The van der Waals surface area contributed by atoms with Crippen molar-refractivity contribution in [3.63, 3.8) is 0 Å². The van der Waals surface area contributed by atoms with Crippen LogP contribution in [0.1, 0.15) is 23.6 Å². The number of fused-ring (bicyclic) bond motifs is 1. The monoisotopic (exact) mass is 241 g/mol. The van der Waals surface area contributed by atoms with Gasteiger partial charge in [0, 0.05) is 22.5 Å². The standard InChI is InChI=1S/C10H12BrNO/c1-6-4-7(11)10-8(12)2-3-13-9(10)5-6/h4-5,8H,2-3,12H2,1H3. The average molecular weight is 242 g/mol. The van der Waals surface area contributed by atoms with Crippen LogP contribution in [0.4, 0.5) is 0 Å². The van der Waals surface area contributed by atoms with Crippen LogP contribution >= 0.6 is 15.9 Å². The Labute approximate surface area is 86.2 Å². The zero-order chi connectivity index (χ0) is 9.42. The molecule has 1 atom stereocenters. The largest absolute Gasteiger partial charge is 0.493 e. The van der Waals surface area contributed by atoms with E-state index in [1.54, 1.807) is 0 Å². The Kier molecular flexibility index (Phi) is 2.30. The van der Waals surface area contributed by atoms with E-state index in [-0.39, 0.29) is 6.04 Å². The fourth-order valence-electron chi connectivity index (χ4n) is 1.64. The van der Waals surface area contributed by atoms with Crippen LogP contribution in [0.25, 0.3) is 0 Å². The van der Waals surface area contributed by atoms with Gasteiger partial charge in [0.2, 0.25) is 0 Å². The van der Waals surface area contributed by atoms with E-state index in [1.165, 1.54) is 5.56 Å². The van der Waals surface area contributed by atoms with Crippen molar-refractivity contribution in [1.82, 2.24) is 0 Å². The van der Waals surface area contributed by atoms with Crippen molar-refractivity contribution in [2.45, 2.75) is 19.4 Å². The quantitative estimate of drug-likeness (QED) is 0.758. The van der Waals surface area contributed by atoms with Crippen molar-refractivity contribution in [1.29, 1.82) is 0 Å². The number of rotatable bonds is 0. The fraction of sp³-hybridized carbons (Fsp3) is 0.400. The average Bonchev–Trinajstić information content (AvgIpc) is 2.02. The fourth-order valence-corrected chi connectivity index (χ4v) is 2.49. The van der Waals surface area contributed by atoms with Crippen molar-refractivity contribution < 1.29 is 4.74 Å². The Balaban J connectivity index is 2.56. The Morgan fingerprint density at radius 2 is 2.31 bits per heavy atom. The third-order valence-electron chi connectivity index (χ3n) is 2.29. The molecule has 0 bridgehead atoms. The molecule has 1 aliphatic rings. The molecule has 2 rings (SSSR count). The molecule has 1 heterocycles. The van der Waals surface area contributed by atoms with Crippen molar-refractivity contribution in [2.75, 3.05) is 6.61 Å². The molecule has 2 nitrogen and oxygen atoms in total. The first-order valence-electron chi connectivity index (χ1n) is 4.37. The van der Waals surface area contributed by atoms with E-state index >= 15 is 0 Å². The van der Waals surface area contributed by atoms with Gasteiger partial charge in [-0.05, 0) is 24.6 Å². The third kappa shape index (κ3) is 1.58. The molecule has 2 N–H and O–H groups in total. The van der Waals surface area contributed by atoms with Crippen LogP contribution in [0.15, 0.2) is 16.6 Å². The summed E-state index contributed by atoms with van der Waals surface area (Å²) in [7, 11) is 0. The van der Waals surface area contributed by atoms with Gasteiger partial charge in [0.1, 0.15) is 5.75 Å². The topological polar surface area (TPSA) is 35.2 Å². The molecule has 1 aliphatic heterocycles. The minimum absolute atomic E-state index is 0.110. The summed E-state index contributed by atoms with van der Waals surface area (Å²) in [5, 5.41) is 0. The smallest absolute Gasteiger partial charge is 0.125 e. The number of benzene rings is 1. The summed E-state index contributed by atoms with van der Waals surface area (Å²) in [6, 6.07) is 4.23. The van der Waals surface area contributed by atoms with Crippen LogP contribution in [-0.4, -0.2) is 6.61 Å². The maximum Gasteiger partial charge on any atom is 0.125 e. The molecular weight excluding hydrogens is 230 g/mol. The van der Waals surface area contributed by atoms with E-state index < -0.39 is 0 Å². The minimum atomic E-state index is 0.110. The zero-order valence-corrected chi connectivity index (χ0v) is 9.10. The van der Waals surface area contributed by atoms with Gasteiger partial charge in [0.25, 0.3) is 0 Å². The van der Waals surface area contributed by atoms with Gasteiger partial charge in [-0.15, -0.1) is 0 Å². The van der Waals surface area contributed by atoms with Crippen molar-refractivity contribution in [3.05, 3.63) is 27.7 Å². The van der Waals surface area contributed by atoms with Gasteiger partial charge in [0.15, 0.2) is 0 Å². The number of halogens is 1. The molecule has 0 saturated heterocycles. The number of nitrogens with two attached hydrogens (primary N) is 1. The highest BCUT2D eigenvalue weighted by molar-refractivity contribution is 9.10. The van der Waals surface area contributed by atoms with Crippen LogP contribution in [0.2, 0.25) is 0 Å². The van der Waals surface area contributed by atoms with Gasteiger partial charge in [-0.25, -0.2) is 0 Å². The molecule has 0 saturated carbocycles. The van der Waals surface area contributed by atoms with Gasteiger partial charge < -0.3 is 10.5 Å². The summed E-state index contributed by atoms with van der Waals surface area (Å²) >= 11 is 3.51. The molecule has 1 aromatic carbocycles. The number of aryl methyl sites for hydroxylation is 1. The Hall–Kier alpha value is -0.540. The summed E-state index contributed by atoms with van der Waals surface area (Å²) in [6.45, 7) is 2.78. The lowest BCUT2D eigenvalue weighted by Crippen LogP contribution is -2.21. The van der Waals surface area contributed by atoms with E-state index in [4.69, 9.17) is 10.5 Å². The lowest BCUT2D eigenvalue weighted by molar-refractivity contribution is 0.268. The van der Waals surface area contributed by atoms with Crippen LogP contribution in [-0.2, 0) is 0 Å². The van der Waals surface area contributed by atoms with Crippen molar-refractivity contribution in [2.24, 2.45) is 5.73 Å². The van der Waals surface area contributed by atoms with Gasteiger partial charge in [-0.1, -0.05) is 15.9 Å². The van der Waals surface area contributed by atoms with Gasteiger partial charge in [-0.3, -0.25) is 0 Å². The maximum absolute atomic E-state index is 5.99. The van der Waals surface area contributed by atoms with E-state index in [0.717, 1.165) is 28.8 Å². The van der Waals surface area contributed by atoms with E-state index in [0.29, 0.717) is 0 Å². The van der Waals surface area contributed by atoms with E-state index in [9.17, 15) is 0 Å². The number of hydrogen-bond acceptors (Lipinski definition) is 2. The zero-order valence-electron chi connectivity index (χ0n) is 7.51. The lowest BCUT2D eigenvalue weighted by Gasteiger charge is -2.24. The lowest BCUT2D eigenvalue weighted by atomic mass is 10.00. The predicted octanol–water partition coefficient (Wildman–Crippen LogP) is 2.54. The molecule has 0 fully saturated rings. The molecule has 0 radical (unpaired) electrons. The summed E-state index contributed by atoms with van der Waals surface area (Å²) in [4.78, 5) is 0. The Bertz CT molecular complexity index is 338. The highest BCUT2D eigenvalue weighted by Crippen LogP contribution is 2.37. The first-order chi connectivity index (χ1) is 6.18. The molecule has 0 spiro atoms. The molecule has 70 valence electrons. The predicted molar refractivity (Wildman–Crippen MR) is 55.9 cm³/mol. The summed E-state index contributed by atoms with van der Waals surface area (Å²) in [6.07, 6.45) is 0.897. The molecule has 13 heavy (non-hydrogen) atoms. The normalized spacial score (nSPS) is 20.7. The van der Waals surface area contributed by atoms with Crippen LogP contribution < -0.4 is 10.5 Å². The molecule has 0 aliphatic carbocycles. The number of hydrogen-bond donors (Lipinski definition) is 1. The van der Waals surface area contributed by atoms with Crippen LogP contribution in [0, 0.1) is 6.92 Å². The molecule has 0 amide bonds. The molecule has 1 unspecified atom stereocenters. The molecule has 1 aromatic rings. The van der Waals surface area contributed by atoms with Gasteiger partial charge >= 0.3 is 0 Å². The SMILES string of the molecule is Cc1cc(Br)c2c(c1)OCCC2N. The Morgan fingerprint density at radius 3 is 3.08 bits per heavy atom. The summed E-state index contributed by atoms with van der Waals surface area (Å²) < 4.78 is 6.61. The van der Waals surface area contributed by atoms with E-state index in [2.05, 4.69) is 28.9 Å². The second-order valence-corrected chi connectivity index (χ2v) is 4.26.